The van der Waals surface area contributed by atoms with E-state index in [1.807, 2.05) is 12.1 Å². The molecular formula is C13H18ClN3. The fraction of sp³-hybridized carbons (Fsp3) is 0.692. The summed E-state index contributed by atoms with van der Waals surface area (Å²) in [6.45, 7) is 2.60. The normalized spacial score (nSPS) is 29.2. The molecule has 92 valence electrons. The number of piperidine rings is 1. The minimum Gasteiger partial charge on any atom is -0.300 e. The molecule has 2 aliphatic heterocycles. The van der Waals surface area contributed by atoms with Gasteiger partial charge in [0.05, 0.1) is 5.69 Å². The Morgan fingerprint density at radius 1 is 1.18 bits per heavy atom. The zero-order chi connectivity index (χ0) is 11.7. The monoisotopic (exact) mass is 251 g/mol. The predicted molar refractivity (Wildman–Crippen MR) is 68.1 cm³/mol. The van der Waals surface area contributed by atoms with Gasteiger partial charge in [-0.2, -0.15) is 5.10 Å². The van der Waals surface area contributed by atoms with Crippen molar-refractivity contribution in [3.05, 3.63) is 23.0 Å². The maximum absolute atomic E-state index is 5.76. The van der Waals surface area contributed by atoms with Gasteiger partial charge in [-0.3, -0.25) is 0 Å². The van der Waals surface area contributed by atoms with E-state index in [1.165, 1.54) is 38.8 Å². The Bertz CT molecular complexity index is 379. The second kappa shape index (κ2) is 4.91. The first-order chi connectivity index (χ1) is 8.33. The molecule has 1 unspecified atom stereocenters. The lowest BCUT2D eigenvalue weighted by Crippen LogP contribution is -2.41. The van der Waals surface area contributed by atoms with Crippen LogP contribution in [0.15, 0.2) is 12.1 Å². The van der Waals surface area contributed by atoms with Crippen LogP contribution in [0.25, 0.3) is 0 Å². The predicted octanol–water partition coefficient (Wildman–Crippen LogP) is 2.55. The largest absolute Gasteiger partial charge is 0.300 e. The molecule has 3 heterocycles. The van der Waals surface area contributed by atoms with Gasteiger partial charge < -0.3 is 4.90 Å². The summed E-state index contributed by atoms with van der Waals surface area (Å²) in [5.41, 5.74) is 1.09. The Balaban J connectivity index is 1.69. The summed E-state index contributed by atoms with van der Waals surface area (Å²) in [6.07, 6.45) is 6.47. The number of fused-ring (bicyclic) bond motifs is 1. The van der Waals surface area contributed by atoms with E-state index < -0.39 is 0 Å². The van der Waals surface area contributed by atoms with Crippen LogP contribution in [0.2, 0.25) is 5.15 Å². The molecule has 0 amide bonds. The molecule has 4 heteroatoms. The third-order valence-corrected chi connectivity index (χ3v) is 4.34. The number of halogens is 1. The van der Waals surface area contributed by atoms with Crippen LogP contribution >= 0.6 is 11.6 Å². The zero-order valence-corrected chi connectivity index (χ0v) is 10.7. The second-order valence-corrected chi connectivity index (χ2v) is 5.59. The van der Waals surface area contributed by atoms with Crippen LogP contribution in [-0.2, 0) is 6.42 Å². The van der Waals surface area contributed by atoms with Crippen molar-refractivity contribution in [3.8, 4) is 0 Å². The minimum absolute atomic E-state index is 0.486. The Kier molecular flexibility index (Phi) is 3.30. The lowest BCUT2D eigenvalue weighted by Gasteiger charge is -2.36. The number of nitrogens with zero attached hydrogens (tertiary/aromatic N) is 3. The third-order valence-electron chi connectivity index (χ3n) is 4.14. The first-order valence-electron chi connectivity index (χ1n) is 6.55. The van der Waals surface area contributed by atoms with Crippen LogP contribution in [0.5, 0.6) is 0 Å². The Morgan fingerprint density at radius 2 is 2.00 bits per heavy atom. The van der Waals surface area contributed by atoms with Gasteiger partial charge in [-0.25, -0.2) is 0 Å². The van der Waals surface area contributed by atoms with E-state index in [1.54, 1.807) is 0 Å². The van der Waals surface area contributed by atoms with E-state index in [0.717, 1.165) is 24.1 Å². The number of aromatic nitrogens is 2. The maximum atomic E-state index is 5.76. The summed E-state index contributed by atoms with van der Waals surface area (Å²) in [5.74, 6) is 0.765. The maximum Gasteiger partial charge on any atom is 0.151 e. The van der Waals surface area contributed by atoms with Crippen molar-refractivity contribution in [2.24, 2.45) is 5.92 Å². The minimum atomic E-state index is 0.486. The van der Waals surface area contributed by atoms with Crippen molar-refractivity contribution in [3.63, 3.8) is 0 Å². The van der Waals surface area contributed by atoms with Crippen LogP contribution in [0.1, 0.15) is 31.4 Å². The van der Waals surface area contributed by atoms with Gasteiger partial charge in [0.25, 0.3) is 0 Å². The lowest BCUT2D eigenvalue weighted by molar-refractivity contribution is 0.132. The molecule has 0 N–H and O–H groups in total. The smallest absolute Gasteiger partial charge is 0.151 e. The van der Waals surface area contributed by atoms with E-state index >= 15 is 0 Å². The molecule has 1 aromatic heterocycles. The Labute approximate surface area is 107 Å². The van der Waals surface area contributed by atoms with Crippen LogP contribution in [0.4, 0.5) is 0 Å². The molecular weight excluding hydrogens is 234 g/mol. The molecule has 0 bridgehead atoms. The first kappa shape index (κ1) is 11.4. The highest BCUT2D eigenvalue weighted by Crippen LogP contribution is 2.33. The number of rotatable bonds is 2. The van der Waals surface area contributed by atoms with E-state index in [2.05, 4.69) is 15.1 Å². The summed E-state index contributed by atoms with van der Waals surface area (Å²) in [6, 6.07) is 4.66. The molecule has 3 rings (SSSR count). The van der Waals surface area contributed by atoms with Crippen molar-refractivity contribution in [2.45, 2.75) is 38.1 Å². The average Bonchev–Trinajstić information content (AvgIpc) is 2.81. The quantitative estimate of drug-likeness (QED) is 0.809. The molecule has 1 aromatic rings. The molecule has 2 fully saturated rings. The second-order valence-electron chi connectivity index (χ2n) is 5.20. The summed E-state index contributed by atoms with van der Waals surface area (Å²) in [5, 5.41) is 8.60. The van der Waals surface area contributed by atoms with Gasteiger partial charge in [-0.15, -0.1) is 5.10 Å². The van der Waals surface area contributed by atoms with Gasteiger partial charge in [-0.1, -0.05) is 11.6 Å². The molecule has 2 aliphatic rings. The molecule has 0 aliphatic carbocycles. The van der Waals surface area contributed by atoms with Gasteiger partial charge in [0.15, 0.2) is 5.15 Å². The molecule has 0 radical (unpaired) electrons. The summed E-state index contributed by atoms with van der Waals surface area (Å²) >= 11 is 5.76. The van der Waals surface area contributed by atoms with Gasteiger partial charge in [0.1, 0.15) is 0 Å². The Morgan fingerprint density at radius 3 is 2.76 bits per heavy atom. The SMILES string of the molecule is Clc1ccc(C[C@H]2CCCN3CCCC23)nn1. The van der Waals surface area contributed by atoms with Crippen molar-refractivity contribution in [2.75, 3.05) is 13.1 Å². The van der Waals surface area contributed by atoms with Gasteiger partial charge >= 0.3 is 0 Å². The highest BCUT2D eigenvalue weighted by atomic mass is 35.5. The van der Waals surface area contributed by atoms with Crippen molar-refractivity contribution in [1.82, 2.24) is 15.1 Å². The molecule has 0 saturated carbocycles. The molecule has 17 heavy (non-hydrogen) atoms. The average molecular weight is 252 g/mol. The van der Waals surface area contributed by atoms with Crippen LogP contribution < -0.4 is 0 Å². The lowest BCUT2D eigenvalue weighted by atomic mass is 9.85. The summed E-state index contributed by atoms with van der Waals surface area (Å²) < 4.78 is 0. The standard InChI is InChI=1S/C13H18ClN3/c14-13-6-5-11(15-16-13)9-10-3-1-7-17-8-2-4-12(10)17/h5-6,10,12H,1-4,7-9H2/t10-,12?/m1/s1. The highest BCUT2D eigenvalue weighted by molar-refractivity contribution is 6.29. The molecule has 3 nitrogen and oxygen atoms in total. The van der Waals surface area contributed by atoms with Crippen molar-refractivity contribution >= 4 is 11.6 Å². The van der Waals surface area contributed by atoms with E-state index in [4.69, 9.17) is 11.6 Å². The molecule has 2 saturated heterocycles. The summed E-state index contributed by atoms with van der Waals surface area (Å²) in [4.78, 5) is 2.66. The van der Waals surface area contributed by atoms with Gasteiger partial charge in [-0.05, 0) is 63.2 Å². The molecule has 0 spiro atoms. The van der Waals surface area contributed by atoms with Crippen molar-refractivity contribution < 1.29 is 0 Å². The van der Waals surface area contributed by atoms with Gasteiger partial charge in [0, 0.05) is 6.04 Å². The molecule has 0 aromatic carbocycles. The number of hydrogen-bond acceptors (Lipinski definition) is 3. The Hall–Kier alpha value is -0.670. The van der Waals surface area contributed by atoms with E-state index in [-0.39, 0.29) is 0 Å². The first-order valence-corrected chi connectivity index (χ1v) is 6.93. The van der Waals surface area contributed by atoms with Crippen LogP contribution in [0.3, 0.4) is 0 Å². The van der Waals surface area contributed by atoms with Crippen molar-refractivity contribution in [1.29, 1.82) is 0 Å². The van der Waals surface area contributed by atoms with Gasteiger partial charge in [0.2, 0.25) is 0 Å². The number of hydrogen-bond donors (Lipinski definition) is 0. The van der Waals surface area contributed by atoms with E-state index in [9.17, 15) is 0 Å². The summed E-state index contributed by atoms with van der Waals surface area (Å²) in [7, 11) is 0. The molecule has 2 atom stereocenters. The highest BCUT2D eigenvalue weighted by Gasteiger charge is 2.34. The van der Waals surface area contributed by atoms with Crippen LogP contribution in [0, 0.1) is 5.92 Å². The third kappa shape index (κ3) is 2.45. The topological polar surface area (TPSA) is 29.0 Å². The fourth-order valence-electron chi connectivity index (χ4n) is 3.37. The van der Waals surface area contributed by atoms with E-state index in [0.29, 0.717) is 5.15 Å². The van der Waals surface area contributed by atoms with Crippen LogP contribution in [-0.4, -0.2) is 34.2 Å². The fourth-order valence-corrected chi connectivity index (χ4v) is 3.47. The zero-order valence-electron chi connectivity index (χ0n) is 9.98.